The smallest absolute Gasteiger partial charge is 0.269 e. The second-order valence-electron chi connectivity index (χ2n) is 5.45. The molecule has 25 heavy (non-hydrogen) atoms. The van der Waals surface area contributed by atoms with Gasteiger partial charge in [0, 0.05) is 12.1 Å². The highest BCUT2D eigenvalue weighted by molar-refractivity contribution is 7.80. The summed E-state index contributed by atoms with van der Waals surface area (Å²) in [6.07, 6.45) is 1.59. The van der Waals surface area contributed by atoms with Gasteiger partial charge >= 0.3 is 0 Å². The maximum Gasteiger partial charge on any atom is 0.269 e. The Morgan fingerprint density at radius 1 is 1.32 bits per heavy atom. The predicted octanol–water partition coefficient (Wildman–Crippen LogP) is 2.27. The molecular formula is C17H19N5O2S. The summed E-state index contributed by atoms with van der Waals surface area (Å²) < 4.78 is 7.29. The number of nitrogens with one attached hydrogen (secondary N) is 3. The van der Waals surface area contributed by atoms with E-state index < -0.39 is 0 Å². The van der Waals surface area contributed by atoms with Crippen molar-refractivity contribution in [3.8, 4) is 0 Å². The summed E-state index contributed by atoms with van der Waals surface area (Å²) >= 11 is 5.11. The fourth-order valence-corrected chi connectivity index (χ4v) is 2.72. The zero-order valence-electron chi connectivity index (χ0n) is 14.0. The van der Waals surface area contributed by atoms with Crippen molar-refractivity contribution in [3.63, 3.8) is 0 Å². The van der Waals surface area contributed by atoms with Crippen LogP contribution in [0.15, 0.2) is 41.0 Å². The van der Waals surface area contributed by atoms with Crippen LogP contribution in [0.25, 0.3) is 11.0 Å². The van der Waals surface area contributed by atoms with Gasteiger partial charge < -0.3 is 14.3 Å². The van der Waals surface area contributed by atoms with Gasteiger partial charge in [-0.2, -0.15) is 0 Å². The maximum absolute atomic E-state index is 12.3. The van der Waals surface area contributed by atoms with Crippen LogP contribution in [-0.4, -0.2) is 20.6 Å². The minimum atomic E-state index is -0.284. The molecule has 3 rings (SSSR count). The monoisotopic (exact) mass is 357 g/mol. The number of imidazole rings is 1. The molecule has 0 radical (unpaired) electrons. The van der Waals surface area contributed by atoms with Gasteiger partial charge in [-0.05, 0) is 56.4 Å². The van der Waals surface area contributed by atoms with E-state index >= 15 is 0 Å². The van der Waals surface area contributed by atoms with Crippen molar-refractivity contribution in [1.29, 1.82) is 0 Å². The molecule has 0 aliphatic heterocycles. The molecule has 0 bridgehead atoms. The molecule has 1 amide bonds. The standard InChI is InChI=1S/C17H19N5O2S/c1-3-22-11(2)19-14-9-12(6-7-15(14)22)16(23)20-21-17(25)18-10-13-5-4-8-24-13/h4-9H,3,10H2,1-2H3,(H,20,23)(H2,18,21,25). The van der Waals surface area contributed by atoms with Crippen molar-refractivity contribution in [3.05, 3.63) is 53.7 Å². The largest absolute Gasteiger partial charge is 0.467 e. The van der Waals surface area contributed by atoms with E-state index in [-0.39, 0.29) is 5.91 Å². The van der Waals surface area contributed by atoms with Crippen LogP contribution in [0.2, 0.25) is 0 Å². The molecule has 0 saturated heterocycles. The van der Waals surface area contributed by atoms with Crippen molar-refractivity contribution in [2.45, 2.75) is 26.9 Å². The Morgan fingerprint density at radius 3 is 2.88 bits per heavy atom. The van der Waals surface area contributed by atoms with Gasteiger partial charge in [-0.3, -0.25) is 15.6 Å². The fraction of sp³-hybridized carbons (Fsp3) is 0.235. The van der Waals surface area contributed by atoms with Gasteiger partial charge in [0.05, 0.1) is 23.8 Å². The highest BCUT2D eigenvalue weighted by Crippen LogP contribution is 2.17. The zero-order valence-corrected chi connectivity index (χ0v) is 14.8. The molecule has 0 aliphatic rings. The number of hydrogen-bond donors (Lipinski definition) is 3. The number of fused-ring (bicyclic) bond motifs is 1. The minimum absolute atomic E-state index is 0.284. The highest BCUT2D eigenvalue weighted by Gasteiger charge is 2.11. The van der Waals surface area contributed by atoms with E-state index in [4.69, 9.17) is 16.6 Å². The van der Waals surface area contributed by atoms with Gasteiger partial charge in [-0.25, -0.2) is 4.98 Å². The molecule has 3 N–H and O–H groups in total. The van der Waals surface area contributed by atoms with E-state index in [9.17, 15) is 4.79 Å². The number of furan rings is 1. The molecule has 130 valence electrons. The summed E-state index contributed by atoms with van der Waals surface area (Å²) in [5.41, 5.74) is 7.56. The first-order valence-corrected chi connectivity index (χ1v) is 8.32. The number of aryl methyl sites for hydroxylation is 2. The summed E-state index contributed by atoms with van der Waals surface area (Å²) in [6, 6.07) is 9.08. The fourth-order valence-electron chi connectivity index (χ4n) is 2.60. The van der Waals surface area contributed by atoms with Crippen molar-refractivity contribution in [2.24, 2.45) is 0 Å². The topological polar surface area (TPSA) is 84.1 Å². The van der Waals surface area contributed by atoms with E-state index in [1.54, 1.807) is 24.5 Å². The number of hydrazine groups is 1. The van der Waals surface area contributed by atoms with Crippen molar-refractivity contribution in [1.82, 2.24) is 25.7 Å². The normalized spacial score (nSPS) is 10.6. The number of thiocarbonyl (C=S) groups is 1. The first-order valence-electron chi connectivity index (χ1n) is 7.92. The van der Waals surface area contributed by atoms with Crippen molar-refractivity contribution < 1.29 is 9.21 Å². The van der Waals surface area contributed by atoms with Crippen LogP contribution in [0, 0.1) is 6.92 Å². The van der Waals surface area contributed by atoms with Gasteiger partial charge in [0.25, 0.3) is 5.91 Å². The molecule has 2 heterocycles. The molecular weight excluding hydrogens is 338 g/mol. The second kappa shape index (κ2) is 7.35. The lowest BCUT2D eigenvalue weighted by Gasteiger charge is -2.11. The number of benzene rings is 1. The molecule has 0 atom stereocenters. The van der Waals surface area contributed by atoms with Crippen LogP contribution in [0.5, 0.6) is 0 Å². The van der Waals surface area contributed by atoms with E-state index in [0.29, 0.717) is 17.2 Å². The molecule has 0 aliphatic carbocycles. The van der Waals surface area contributed by atoms with Crippen LogP contribution in [-0.2, 0) is 13.1 Å². The summed E-state index contributed by atoms with van der Waals surface area (Å²) in [7, 11) is 0. The Balaban J connectivity index is 1.59. The second-order valence-corrected chi connectivity index (χ2v) is 5.86. The number of hydrogen-bond acceptors (Lipinski definition) is 4. The molecule has 8 heteroatoms. The SMILES string of the molecule is CCn1c(C)nc2cc(C(=O)NNC(=S)NCc3ccco3)ccc21. The lowest BCUT2D eigenvalue weighted by molar-refractivity contribution is 0.0944. The van der Waals surface area contributed by atoms with E-state index in [2.05, 4.69) is 32.6 Å². The lowest BCUT2D eigenvalue weighted by atomic mass is 10.2. The van der Waals surface area contributed by atoms with Crippen LogP contribution >= 0.6 is 12.2 Å². The first-order chi connectivity index (χ1) is 12.1. The van der Waals surface area contributed by atoms with Gasteiger partial charge in [0.2, 0.25) is 0 Å². The molecule has 1 aromatic carbocycles. The zero-order chi connectivity index (χ0) is 17.8. The lowest BCUT2D eigenvalue weighted by Crippen LogP contribution is -2.46. The molecule has 3 aromatic rings. The molecule has 0 fully saturated rings. The summed E-state index contributed by atoms with van der Waals surface area (Å²) in [5.74, 6) is 1.40. The average Bonchev–Trinajstić information content (AvgIpc) is 3.23. The number of carbonyl (C=O) groups is 1. The number of rotatable bonds is 4. The van der Waals surface area contributed by atoms with Gasteiger partial charge in [-0.15, -0.1) is 0 Å². The Hall–Kier alpha value is -2.87. The van der Waals surface area contributed by atoms with Gasteiger partial charge in [0.1, 0.15) is 11.6 Å². The van der Waals surface area contributed by atoms with Crippen LogP contribution < -0.4 is 16.2 Å². The quantitative estimate of drug-likeness (QED) is 0.491. The average molecular weight is 357 g/mol. The Morgan fingerprint density at radius 2 is 2.16 bits per heavy atom. The number of nitrogens with zero attached hydrogens (tertiary/aromatic N) is 2. The minimum Gasteiger partial charge on any atom is -0.467 e. The summed E-state index contributed by atoms with van der Waals surface area (Å²) in [4.78, 5) is 16.8. The number of aromatic nitrogens is 2. The highest BCUT2D eigenvalue weighted by atomic mass is 32.1. The van der Waals surface area contributed by atoms with Gasteiger partial charge in [-0.1, -0.05) is 0 Å². The number of amides is 1. The summed E-state index contributed by atoms with van der Waals surface area (Å²) in [6.45, 7) is 5.29. The first kappa shape index (κ1) is 17.0. The van der Waals surface area contributed by atoms with E-state index in [0.717, 1.165) is 29.2 Å². The van der Waals surface area contributed by atoms with E-state index in [1.165, 1.54) is 0 Å². The Kier molecular flexibility index (Phi) is 4.99. The molecule has 2 aromatic heterocycles. The third-order valence-electron chi connectivity index (χ3n) is 3.81. The third kappa shape index (κ3) is 3.80. The van der Waals surface area contributed by atoms with Crippen molar-refractivity contribution in [2.75, 3.05) is 0 Å². The van der Waals surface area contributed by atoms with E-state index in [1.807, 2.05) is 19.1 Å². The molecule has 0 unspecified atom stereocenters. The summed E-state index contributed by atoms with van der Waals surface area (Å²) in [5, 5.41) is 3.24. The van der Waals surface area contributed by atoms with Crippen LogP contribution in [0.3, 0.4) is 0 Å². The molecule has 0 saturated carbocycles. The third-order valence-corrected chi connectivity index (χ3v) is 4.06. The van der Waals surface area contributed by atoms with Crippen LogP contribution in [0.4, 0.5) is 0 Å². The Bertz CT molecular complexity index is 901. The molecule has 7 nitrogen and oxygen atoms in total. The Labute approximate surface area is 150 Å². The maximum atomic E-state index is 12.3. The van der Waals surface area contributed by atoms with Crippen molar-refractivity contribution >= 4 is 34.3 Å². The molecule has 0 spiro atoms. The van der Waals surface area contributed by atoms with Crippen LogP contribution in [0.1, 0.15) is 28.9 Å². The predicted molar refractivity (Wildman–Crippen MR) is 98.9 cm³/mol. The number of carbonyl (C=O) groups excluding carboxylic acids is 1. The van der Waals surface area contributed by atoms with Gasteiger partial charge in [0.15, 0.2) is 5.11 Å².